The summed E-state index contributed by atoms with van der Waals surface area (Å²) in [7, 11) is 0. The zero-order valence-electron chi connectivity index (χ0n) is 14.2. The number of rotatable bonds is 4. The minimum atomic E-state index is 0.171. The van der Waals surface area contributed by atoms with E-state index in [1.165, 1.54) is 19.2 Å². The van der Waals surface area contributed by atoms with Crippen molar-refractivity contribution in [3.05, 3.63) is 47.7 Å². The number of allylic oxidation sites excluding steroid dienone is 2. The summed E-state index contributed by atoms with van der Waals surface area (Å²) in [5, 5.41) is 9.56. The summed E-state index contributed by atoms with van der Waals surface area (Å²) in [5.74, 6) is 0.616. The molecule has 1 unspecified atom stereocenters. The Labute approximate surface area is 161 Å². The highest BCUT2D eigenvalue weighted by Crippen LogP contribution is 2.32. The van der Waals surface area contributed by atoms with Crippen LogP contribution in [-0.4, -0.2) is 21.1 Å². The molecule has 3 rings (SSSR count). The fourth-order valence-electron chi connectivity index (χ4n) is 3.15. The number of unbranched alkanes of at least 4 members (excludes halogenated alkanes) is 1. The van der Waals surface area contributed by atoms with Crippen molar-refractivity contribution in [2.75, 3.05) is 0 Å². The zero-order chi connectivity index (χ0) is 17.6. The van der Waals surface area contributed by atoms with Crippen LogP contribution in [0.2, 0.25) is 0 Å². The quantitative estimate of drug-likeness (QED) is 0.354. The first kappa shape index (κ1) is 17.8. The Balaban J connectivity index is 2.09. The summed E-state index contributed by atoms with van der Waals surface area (Å²) in [6.45, 7) is 2.22. The second-order valence-electron chi connectivity index (χ2n) is 5.99. The van der Waals surface area contributed by atoms with Gasteiger partial charge < -0.3 is 0 Å². The van der Waals surface area contributed by atoms with Gasteiger partial charge in [-0.15, -0.1) is 0 Å². The third-order valence-electron chi connectivity index (χ3n) is 4.37. The lowest BCUT2D eigenvalue weighted by Crippen LogP contribution is -2.09. The fraction of sp³-hybridized carbons (Fsp3) is 0.250. The molecule has 4 nitrogen and oxygen atoms in total. The Hall–Kier alpha value is -2.02. The van der Waals surface area contributed by atoms with Gasteiger partial charge in [-0.2, -0.15) is 0 Å². The SMILES string of the molecule is CCCCC1C=Cc2c(n(C(=N)/N=C\N=C/I)c3ccccc23)C=C1. The van der Waals surface area contributed by atoms with Gasteiger partial charge in [-0.1, -0.05) is 56.2 Å². The van der Waals surface area contributed by atoms with Gasteiger partial charge in [-0.05, 0) is 47.1 Å². The third kappa shape index (κ3) is 3.81. The van der Waals surface area contributed by atoms with Crippen molar-refractivity contribution in [1.29, 1.82) is 5.41 Å². The minimum absolute atomic E-state index is 0.171. The van der Waals surface area contributed by atoms with Gasteiger partial charge in [0.2, 0.25) is 5.96 Å². The van der Waals surface area contributed by atoms with E-state index in [9.17, 15) is 0 Å². The Kier molecular flexibility index (Phi) is 5.96. The van der Waals surface area contributed by atoms with Crippen LogP contribution < -0.4 is 0 Å². The monoisotopic (exact) mass is 444 g/mol. The third-order valence-corrected chi connectivity index (χ3v) is 4.69. The lowest BCUT2D eigenvalue weighted by Gasteiger charge is -2.07. The van der Waals surface area contributed by atoms with Crippen LogP contribution in [-0.2, 0) is 0 Å². The molecular formula is C20H21IN4. The van der Waals surface area contributed by atoms with Gasteiger partial charge in [0.15, 0.2) is 0 Å². The molecule has 25 heavy (non-hydrogen) atoms. The van der Waals surface area contributed by atoms with E-state index in [1.807, 2.05) is 45.4 Å². The Bertz CT molecular complexity index is 886. The molecule has 1 aromatic carbocycles. The molecule has 0 bridgehead atoms. The second-order valence-corrected chi connectivity index (χ2v) is 6.55. The average Bonchev–Trinajstić information content (AvgIpc) is 2.79. The topological polar surface area (TPSA) is 53.5 Å². The number of hydrogen-bond donors (Lipinski definition) is 1. The summed E-state index contributed by atoms with van der Waals surface area (Å²) in [6, 6.07) is 8.17. The van der Waals surface area contributed by atoms with Crippen LogP contribution in [0.1, 0.15) is 37.4 Å². The van der Waals surface area contributed by atoms with Crippen LogP contribution in [0.5, 0.6) is 0 Å². The van der Waals surface area contributed by atoms with Gasteiger partial charge in [-0.25, -0.2) is 9.98 Å². The molecule has 1 aliphatic rings. The second kappa shape index (κ2) is 8.38. The van der Waals surface area contributed by atoms with Crippen LogP contribution in [0.25, 0.3) is 23.1 Å². The largest absolute Gasteiger partial charge is 0.278 e. The van der Waals surface area contributed by atoms with Gasteiger partial charge in [0.05, 0.1) is 15.4 Å². The van der Waals surface area contributed by atoms with Crippen LogP contribution in [0.4, 0.5) is 0 Å². The zero-order valence-corrected chi connectivity index (χ0v) is 16.3. The van der Waals surface area contributed by atoms with Crippen LogP contribution in [0.15, 0.2) is 46.4 Å². The molecule has 1 aromatic heterocycles. The molecule has 128 valence electrons. The molecule has 0 radical (unpaired) electrons. The van der Waals surface area contributed by atoms with Crippen LogP contribution in [0, 0.1) is 11.3 Å². The molecule has 1 atom stereocenters. The molecule has 1 N–H and O–H groups in total. The van der Waals surface area contributed by atoms with Gasteiger partial charge in [0.25, 0.3) is 0 Å². The van der Waals surface area contributed by atoms with Crippen LogP contribution >= 0.6 is 22.6 Å². The van der Waals surface area contributed by atoms with Crippen molar-refractivity contribution < 1.29 is 0 Å². The maximum absolute atomic E-state index is 8.41. The van der Waals surface area contributed by atoms with Crippen molar-refractivity contribution in [2.24, 2.45) is 15.9 Å². The number of para-hydroxylation sites is 1. The number of halogens is 1. The molecule has 1 aliphatic carbocycles. The smallest absolute Gasteiger partial charge is 0.228 e. The molecule has 1 heterocycles. The summed E-state index contributed by atoms with van der Waals surface area (Å²) in [5.41, 5.74) is 3.16. The number of aliphatic imine (C=N–C) groups is 2. The summed E-state index contributed by atoms with van der Waals surface area (Å²) in [6.07, 6.45) is 13.9. The molecule has 5 heteroatoms. The van der Waals surface area contributed by atoms with E-state index in [4.69, 9.17) is 5.41 Å². The fourth-order valence-corrected chi connectivity index (χ4v) is 3.30. The number of fused-ring (bicyclic) bond motifs is 3. The van der Waals surface area contributed by atoms with Crippen molar-refractivity contribution >= 4 is 62.2 Å². The first-order valence-electron chi connectivity index (χ1n) is 8.49. The summed E-state index contributed by atoms with van der Waals surface area (Å²) < 4.78 is 3.52. The molecule has 0 spiro atoms. The predicted octanol–water partition coefficient (Wildman–Crippen LogP) is 5.76. The highest BCUT2D eigenvalue weighted by molar-refractivity contribution is 14.1. The Morgan fingerprint density at radius 1 is 1.28 bits per heavy atom. The lowest BCUT2D eigenvalue weighted by atomic mass is 10.0. The summed E-state index contributed by atoms with van der Waals surface area (Å²) in [4.78, 5) is 8.14. The number of aromatic nitrogens is 1. The number of hydrogen-bond acceptors (Lipinski definition) is 1. The van der Waals surface area contributed by atoms with E-state index in [0.29, 0.717) is 5.92 Å². The normalized spacial score (nSPS) is 16.8. The molecule has 0 saturated carbocycles. The highest BCUT2D eigenvalue weighted by Gasteiger charge is 2.18. The number of benzene rings is 1. The number of nitrogens with one attached hydrogen (secondary N) is 1. The molecule has 0 saturated heterocycles. The Morgan fingerprint density at radius 3 is 2.88 bits per heavy atom. The maximum Gasteiger partial charge on any atom is 0.228 e. The van der Waals surface area contributed by atoms with Gasteiger partial charge in [-0.3, -0.25) is 9.98 Å². The van der Waals surface area contributed by atoms with E-state index in [2.05, 4.69) is 47.3 Å². The van der Waals surface area contributed by atoms with Crippen molar-refractivity contribution in [3.8, 4) is 0 Å². The number of nitrogens with zero attached hydrogens (tertiary/aromatic N) is 3. The van der Waals surface area contributed by atoms with Gasteiger partial charge >= 0.3 is 0 Å². The van der Waals surface area contributed by atoms with E-state index in [1.54, 1.807) is 4.22 Å². The van der Waals surface area contributed by atoms with Crippen molar-refractivity contribution in [3.63, 3.8) is 0 Å². The molecular weight excluding hydrogens is 423 g/mol. The maximum atomic E-state index is 8.41. The van der Waals surface area contributed by atoms with E-state index < -0.39 is 0 Å². The van der Waals surface area contributed by atoms with Crippen LogP contribution in [0.3, 0.4) is 0 Å². The highest BCUT2D eigenvalue weighted by atomic mass is 127. The van der Waals surface area contributed by atoms with E-state index in [0.717, 1.165) is 28.6 Å². The van der Waals surface area contributed by atoms with Crippen molar-refractivity contribution in [1.82, 2.24) is 4.57 Å². The first-order chi connectivity index (χ1) is 12.3. The minimum Gasteiger partial charge on any atom is -0.278 e. The summed E-state index contributed by atoms with van der Waals surface area (Å²) >= 11 is 2.03. The lowest BCUT2D eigenvalue weighted by molar-refractivity contribution is 0.646. The van der Waals surface area contributed by atoms with Gasteiger partial charge in [0, 0.05) is 10.9 Å². The molecule has 0 aliphatic heterocycles. The molecule has 0 fully saturated rings. The molecule has 2 aromatic rings. The first-order valence-corrected chi connectivity index (χ1v) is 9.74. The average molecular weight is 444 g/mol. The predicted molar refractivity (Wildman–Crippen MR) is 117 cm³/mol. The van der Waals surface area contributed by atoms with E-state index in [-0.39, 0.29) is 5.96 Å². The standard InChI is InChI=1S/C20H21IN4/c1-2-3-6-15-9-11-17-16-7-4-5-8-18(16)25(19(17)12-10-15)20(22)24-14-23-13-21/h4-5,7-15,22H,2-3,6H2,1H3/b22-20?,23-13-,24-14-. The van der Waals surface area contributed by atoms with Crippen molar-refractivity contribution in [2.45, 2.75) is 26.2 Å². The van der Waals surface area contributed by atoms with E-state index >= 15 is 0 Å². The Morgan fingerprint density at radius 2 is 2.08 bits per heavy atom. The molecule has 0 amide bonds. The van der Waals surface area contributed by atoms with Gasteiger partial charge in [0.1, 0.15) is 6.34 Å².